The molecule has 0 fully saturated rings. The molecule has 2 nitrogen and oxygen atoms in total. The molecular weight excluding hydrogens is 553 g/mol. The van der Waals surface area contributed by atoms with E-state index in [-0.39, 0.29) is 0 Å². The van der Waals surface area contributed by atoms with Crippen LogP contribution < -0.4 is 0 Å². The summed E-state index contributed by atoms with van der Waals surface area (Å²) in [5.41, 5.74) is 10.6. The second-order valence-corrected chi connectivity index (χ2v) is 12.7. The van der Waals surface area contributed by atoms with Gasteiger partial charge in [0, 0.05) is 27.3 Å². The second-order valence-electron chi connectivity index (χ2n) is 11.6. The van der Waals surface area contributed by atoms with Gasteiger partial charge < -0.3 is 0 Å². The standard InChI is InChI=1S/C41H28N2S/c1-2-13-33(14-3-1)43-38-19-8-7-18-37(38)42-41(43)32-25-30(29-22-21-27-11-4-5-12-28(27)23-29)24-31(26-32)34-16-10-17-36-35-15-6-9-20-39(35)44-40(34)36/h1-26,35,39H. The summed E-state index contributed by atoms with van der Waals surface area (Å²) in [6.07, 6.45) is 9.08. The number of fused-ring (bicyclic) bond motifs is 5. The zero-order chi connectivity index (χ0) is 29.0. The van der Waals surface area contributed by atoms with E-state index in [9.17, 15) is 0 Å². The molecule has 1 aromatic heterocycles. The Labute approximate surface area is 261 Å². The quantitative estimate of drug-likeness (QED) is 0.206. The van der Waals surface area contributed by atoms with Crippen LogP contribution in [0.2, 0.25) is 0 Å². The molecule has 208 valence electrons. The first-order chi connectivity index (χ1) is 21.8. The van der Waals surface area contributed by atoms with E-state index in [1.165, 1.54) is 43.5 Å². The molecule has 6 aromatic carbocycles. The van der Waals surface area contributed by atoms with Gasteiger partial charge in [0.25, 0.3) is 0 Å². The SMILES string of the molecule is C1=CC2Sc3c(-c4cc(-c5ccc6ccccc6c5)cc(-c5nc6ccccc6n5-c5ccccc5)c4)cccc3C2C=C1. The monoisotopic (exact) mass is 580 g/mol. The average Bonchev–Trinajstić information content (AvgIpc) is 3.67. The third-order valence-electron chi connectivity index (χ3n) is 8.90. The lowest BCUT2D eigenvalue weighted by Gasteiger charge is -2.15. The summed E-state index contributed by atoms with van der Waals surface area (Å²) in [7, 11) is 0. The van der Waals surface area contributed by atoms with Gasteiger partial charge in [-0.25, -0.2) is 4.98 Å². The van der Waals surface area contributed by atoms with E-state index in [2.05, 4.69) is 162 Å². The highest BCUT2D eigenvalue weighted by Crippen LogP contribution is 2.52. The molecule has 7 aromatic rings. The molecule has 0 radical (unpaired) electrons. The first-order valence-corrected chi connectivity index (χ1v) is 16.0. The fraction of sp³-hybridized carbons (Fsp3) is 0.0488. The van der Waals surface area contributed by atoms with E-state index in [0.29, 0.717) is 11.2 Å². The number of benzene rings is 6. The van der Waals surface area contributed by atoms with Gasteiger partial charge in [-0.2, -0.15) is 0 Å². The van der Waals surface area contributed by atoms with E-state index in [1.807, 2.05) is 11.8 Å². The van der Waals surface area contributed by atoms with Crippen molar-refractivity contribution in [2.24, 2.45) is 0 Å². The van der Waals surface area contributed by atoms with E-state index >= 15 is 0 Å². The fourth-order valence-corrected chi connectivity index (χ4v) is 8.28. The molecule has 0 amide bonds. The summed E-state index contributed by atoms with van der Waals surface area (Å²) in [6, 6.07) is 48.2. The Balaban J connectivity index is 1.30. The zero-order valence-corrected chi connectivity index (χ0v) is 24.8. The van der Waals surface area contributed by atoms with Crippen molar-refractivity contribution < 1.29 is 0 Å². The topological polar surface area (TPSA) is 17.8 Å². The summed E-state index contributed by atoms with van der Waals surface area (Å²) in [5, 5.41) is 2.94. The van der Waals surface area contributed by atoms with Gasteiger partial charge in [-0.1, -0.05) is 109 Å². The summed E-state index contributed by atoms with van der Waals surface area (Å²) < 4.78 is 2.30. The fourth-order valence-electron chi connectivity index (χ4n) is 6.80. The van der Waals surface area contributed by atoms with E-state index < -0.39 is 0 Å². The summed E-state index contributed by atoms with van der Waals surface area (Å²) in [6.45, 7) is 0. The molecule has 0 saturated heterocycles. The number of hydrogen-bond acceptors (Lipinski definition) is 2. The van der Waals surface area contributed by atoms with Crippen molar-refractivity contribution in [3.63, 3.8) is 0 Å². The molecule has 0 saturated carbocycles. The van der Waals surface area contributed by atoms with Gasteiger partial charge in [0.15, 0.2) is 0 Å². The zero-order valence-electron chi connectivity index (χ0n) is 24.0. The van der Waals surface area contributed by atoms with Crippen LogP contribution in [-0.4, -0.2) is 14.8 Å². The minimum absolute atomic E-state index is 0.422. The van der Waals surface area contributed by atoms with Gasteiger partial charge in [0.1, 0.15) is 5.82 Å². The van der Waals surface area contributed by atoms with Crippen LogP contribution >= 0.6 is 11.8 Å². The molecule has 9 rings (SSSR count). The Morgan fingerprint density at radius 1 is 0.568 bits per heavy atom. The molecule has 0 bridgehead atoms. The van der Waals surface area contributed by atoms with Gasteiger partial charge in [0.2, 0.25) is 0 Å². The molecule has 3 heteroatoms. The van der Waals surface area contributed by atoms with E-state index in [1.54, 1.807) is 0 Å². The number of rotatable bonds is 4. The first-order valence-electron chi connectivity index (χ1n) is 15.1. The highest BCUT2D eigenvalue weighted by atomic mass is 32.2. The van der Waals surface area contributed by atoms with Crippen LogP contribution in [0, 0.1) is 0 Å². The van der Waals surface area contributed by atoms with Crippen molar-refractivity contribution in [1.82, 2.24) is 9.55 Å². The van der Waals surface area contributed by atoms with E-state index in [0.717, 1.165) is 28.1 Å². The lowest BCUT2D eigenvalue weighted by molar-refractivity contribution is 0.881. The van der Waals surface area contributed by atoms with Crippen LogP contribution in [-0.2, 0) is 0 Å². The first kappa shape index (κ1) is 25.4. The highest BCUT2D eigenvalue weighted by molar-refractivity contribution is 8.00. The molecule has 0 N–H and O–H groups in total. The number of aromatic nitrogens is 2. The Bertz CT molecular complexity index is 2270. The van der Waals surface area contributed by atoms with Crippen molar-refractivity contribution in [1.29, 1.82) is 0 Å². The second kappa shape index (κ2) is 10.3. The lowest BCUT2D eigenvalue weighted by atomic mass is 9.89. The number of imidazole rings is 1. The van der Waals surface area contributed by atoms with Gasteiger partial charge >= 0.3 is 0 Å². The molecule has 0 spiro atoms. The Kier molecular flexibility index (Phi) is 5.92. The van der Waals surface area contributed by atoms with Gasteiger partial charge in [-0.3, -0.25) is 4.57 Å². The van der Waals surface area contributed by atoms with Crippen molar-refractivity contribution in [3.05, 3.63) is 163 Å². The maximum atomic E-state index is 5.25. The molecule has 44 heavy (non-hydrogen) atoms. The van der Waals surface area contributed by atoms with Gasteiger partial charge in [-0.15, -0.1) is 11.8 Å². The largest absolute Gasteiger partial charge is 0.292 e. The molecule has 2 aliphatic rings. The van der Waals surface area contributed by atoms with Gasteiger partial charge in [0.05, 0.1) is 11.0 Å². The average molecular weight is 581 g/mol. The third-order valence-corrected chi connectivity index (χ3v) is 10.3. The normalized spacial score (nSPS) is 16.8. The van der Waals surface area contributed by atoms with Crippen molar-refractivity contribution >= 4 is 33.6 Å². The summed E-state index contributed by atoms with van der Waals surface area (Å²) in [4.78, 5) is 6.64. The Morgan fingerprint density at radius 2 is 1.34 bits per heavy atom. The number of allylic oxidation sites excluding steroid dienone is 3. The van der Waals surface area contributed by atoms with Crippen LogP contribution in [0.4, 0.5) is 0 Å². The number of para-hydroxylation sites is 3. The smallest absolute Gasteiger partial charge is 0.145 e. The predicted octanol–water partition coefficient (Wildman–Crippen LogP) is 10.9. The maximum absolute atomic E-state index is 5.25. The maximum Gasteiger partial charge on any atom is 0.145 e. The minimum atomic E-state index is 0.422. The lowest BCUT2D eigenvalue weighted by Crippen LogP contribution is -2.06. The Hall–Kier alpha value is -5.12. The highest BCUT2D eigenvalue weighted by Gasteiger charge is 2.33. The summed E-state index contributed by atoms with van der Waals surface area (Å²) >= 11 is 1.99. The van der Waals surface area contributed by atoms with Crippen molar-refractivity contribution in [2.45, 2.75) is 16.1 Å². The van der Waals surface area contributed by atoms with Crippen LogP contribution in [0.1, 0.15) is 11.5 Å². The van der Waals surface area contributed by atoms with Crippen LogP contribution in [0.3, 0.4) is 0 Å². The molecule has 2 heterocycles. The Morgan fingerprint density at radius 3 is 2.27 bits per heavy atom. The number of nitrogens with zero attached hydrogens (tertiary/aromatic N) is 2. The van der Waals surface area contributed by atoms with E-state index in [4.69, 9.17) is 4.98 Å². The molecule has 1 aliphatic heterocycles. The molecule has 1 aliphatic carbocycles. The van der Waals surface area contributed by atoms with Crippen molar-refractivity contribution in [3.8, 4) is 39.3 Å². The predicted molar refractivity (Wildman–Crippen MR) is 186 cm³/mol. The van der Waals surface area contributed by atoms with Crippen molar-refractivity contribution in [2.75, 3.05) is 0 Å². The number of thioether (sulfide) groups is 1. The van der Waals surface area contributed by atoms with Crippen LogP contribution in [0.25, 0.3) is 61.1 Å². The molecular formula is C41H28N2S. The number of hydrogen-bond donors (Lipinski definition) is 0. The third kappa shape index (κ3) is 4.16. The van der Waals surface area contributed by atoms with Crippen LogP contribution in [0.5, 0.6) is 0 Å². The molecule has 2 atom stereocenters. The minimum Gasteiger partial charge on any atom is -0.292 e. The van der Waals surface area contributed by atoms with Crippen LogP contribution in [0.15, 0.2) is 163 Å². The van der Waals surface area contributed by atoms with Gasteiger partial charge in [-0.05, 0) is 87.1 Å². The summed E-state index contributed by atoms with van der Waals surface area (Å²) in [5.74, 6) is 1.37. The molecule has 2 unspecified atom stereocenters.